The summed E-state index contributed by atoms with van der Waals surface area (Å²) in [6.45, 7) is 2.66. The quantitative estimate of drug-likeness (QED) is 0.883. The zero-order chi connectivity index (χ0) is 14.5. The summed E-state index contributed by atoms with van der Waals surface area (Å²) < 4.78 is 27.4. The highest BCUT2D eigenvalue weighted by molar-refractivity contribution is 5.45. The van der Waals surface area contributed by atoms with Crippen molar-refractivity contribution in [1.29, 1.82) is 0 Å². The number of rotatable bonds is 5. The number of nitrogens with zero attached hydrogens (tertiary/aromatic N) is 1. The molecule has 1 atom stereocenters. The Morgan fingerprint density at radius 3 is 2.75 bits per heavy atom. The molecule has 3 nitrogen and oxygen atoms in total. The lowest BCUT2D eigenvalue weighted by atomic mass is 9.98. The second-order valence-electron chi connectivity index (χ2n) is 4.53. The minimum Gasteiger partial charge on any atom is -0.383 e. The van der Waals surface area contributed by atoms with Gasteiger partial charge in [-0.15, -0.1) is 0 Å². The summed E-state index contributed by atoms with van der Waals surface area (Å²) in [5, 5.41) is 3.18. The number of halogens is 2. The van der Waals surface area contributed by atoms with Gasteiger partial charge < -0.3 is 11.1 Å². The Labute approximate surface area is 116 Å². The highest BCUT2D eigenvalue weighted by atomic mass is 19.1. The van der Waals surface area contributed by atoms with Crippen molar-refractivity contribution in [2.75, 3.05) is 12.3 Å². The van der Waals surface area contributed by atoms with E-state index in [0.29, 0.717) is 17.9 Å². The van der Waals surface area contributed by atoms with Crippen LogP contribution in [-0.2, 0) is 0 Å². The van der Waals surface area contributed by atoms with Crippen LogP contribution in [0, 0.1) is 11.6 Å². The number of hydrogen-bond donors (Lipinski definition) is 2. The van der Waals surface area contributed by atoms with Crippen molar-refractivity contribution < 1.29 is 8.78 Å². The zero-order valence-electron chi connectivity index (χ0n) is 11.2. The largest absolute Gasteiger partial charge is 0.383 e. The lowest BCUT2D eigenvalue weighted by Crippen LogP contribution is -2.25. The Kier molecular flexibility index (Phi) is 4.63. The Hall–Kier alpha value is -2.01. The second kappa shape index (κ2) is 6.43. The summed E-state index contributed by atoms with van der Waals surface area (Å²) in [4.78, 5) is 4.01. The van der Waals surface area contributed by atoms with Crippen LogP contribution in [0.25, 0.3) is 0 Å². The summed E-state index contributed by atoms with van der Waals surface area (Å²) in [6, 6.07) is 6.39. The third-order valence-corrected chi connectivity index (χ3v) is 3.05. The van der Waals surface area contributed by atoms with Crippen molar-refractivity contribution in [3.05, 3.63) is 59.3 Å². The number of hydrogen-bond acceptors (Lipinski definition) is 3. The molecular weight excluding hydrogens is 260 g/mol. The fourth-order valence-corrected chi connectivity index (χ4v) is 2.09. The number of aromatic nitrogens is 1. The first-order valence-electron chi connectivity index (χ1n) is 6.52. The molecule has 2 aromatic rings. The fourth-order valence-electron chi connectivity index (χ4n) is 2.09. The van der Waals surface area contributed by atoms with E-state index < -0.39 is 17.7 Å². The van der Waals surface area contributed by atoms with Crippen LogP contribution < -0.4 is 11.1 Å². The van der Waals surface area contributed by atoms with Gasteiger partial charge in [-0.25, -0.2) is 13.8 Å². The minimum absolute atomic E-state index is 0.234. The average molecular weight is 277 g/mol. The Bertz CT molecular complexity index is 587. The van der Waals surface area contributed by atoms with E-state index in [1.807, 2.05) is 6.92 Å². The smallest absolute Gasteiger partial charge is 0.128 e. The molecule has 0 saturated carbocycles. The molecule has 0 amide bonds. The molecule has 1 aromatic carbocycles. The first-order valence-corrected chi connectivity index (χ1v) is 6.52. The Morgan fingerprint density at radius 1 is 1.25 bits per heavy atom. The molecule has 1 aromatic heterocycles. The van der Waals surface area contributed by atoms with Crippen LogP contribution in [0.3, 0.4) is 0 Å². The number of nitrogen functional groups attached to an aromatic ring is 1. The van der Waals surface area contributed by atoms with Crippen molar-refractivity contribution in [2.24, 2.45) is 0 Å². The van der Waals surface area contributed by atoms with Gasteiger partial charge in [-0.2, -0.15) is 0 Å². The zero-order valence-corrected chi connectivity index (χ0v) is 11.2. The second-order valence-corrected chi connectivity index (χ2v) is 4.53. The predicted molar refractivity (Wildman–Crippen MR) is 75.1 cm³/mol. The lowest BCUT2D eigenvalue weighted by Gasteiger charge is -2.21. The van der Waals surface area contributed by atoms with Crippen molar-refractivity contribution in [2.45, 2.75) is 19.4 Å². The standard InChI is InChI=1S/C15H17F2N3/c1-2-7-19-14(11-4-3-8-20-15(11)18)12-9-10(16)5-6-13(12)17/h3-6,8-9,14,19H,2,7H2,1H3,(H2,18,20). The summed E-state index contributed by atoms with van der Waals surface area (Å²) in [5.41, 5.74) is 6.73. The van der Waals surface area contributed by atoms with E-state index in [1.54, 1.807) is 18.3 Å². The van der Waals surface area contributed by atoms with Crippen molar-refractivity contribution >= 4 is 5.82 Å². The van der Waals surface area contributed by atoms with Gasteiger partial charge in [0.2, 0.25) is 0 Å². The van der Waals surface area contributed by atoms with Crippen LogP contribution in [0.5, 0.6) is 0 Å². The van der Waals surface area contributed by atoms with E-state index in [2.05, 4.69) is 10.3 Å². The summed E-state index contributed by atoms with van der Waals surface area (Å²) >= 11 is 0. The SMILES string of the molecule is CCCNC(c1cc(F)ccc1F)c1cccnc1N. The molecule has 0 aliphatic heterocycles. The first-order chi connectivity index (χ1) is 9.63. The van der Waals surface area contributed by atoms with Gasteiger partial charge in [-0.1, -0.05) is 13.0 Å². The van der Waals surface area contributed by atoms with E-state index in [4.69, 9.17) is 5.73 Å². The van der Waals surface area contributed by atoms with Gasteiger partial charge in [-0.3, -0.25) is 0 Å². The lowest BCUT2D eigenvalue weighted by molar-refractivity contribution is 0.535. The van der Waals surface area contributed by atoms with Crippen molar-refractivity contribution in [3.63, 3.8) is 0 Å². The monoisotopic (exact) mass is 277 g/mol. The first kappa shape index (κ1) is 14.4. The highest BCUT2D eigenvalue weighted by Crippen LogP contribution is 2.27. The molecule has 20 heavy (non-hydrogen) atoms. The van der Waals surface area contributed by atoms with E-state index in [9.17, 15) is 8.78 Å². The van der Waals surface area contributed by atoms with Gasteiger partial charge in [-0.05, 0) is 37.2 Å². The van der Waals surface area contributed by atoms with Crippen LogP contribution in [-0.4, -0.2) is 11.5 Å². The summed E-state index contributed by atoms with van der Waals surface area (Å²) in [7, 11) is 0. The normalized spacial score (nSPS) is 12.3. The van der Waals surface area contributed by atoms with Crippen LogP contribution in [0.15, 0.2) is 36.5 Å². The minimum atomic E-state index is -0.514. The van der Waals surface area contributed by atoms with Gasteiger partial charge in [0.25, 0.3) is 0 Å². The summed E-state index contributed by atoms with van der Waals surface area (Å²) in [5.74, 6) is -0.639. The predicted octanol–water partition coefficient (Wildman–Crippen LogP) is 3.03. The molecule has 1 heterocycles. The molecule has 0 aliphatic rings. The molecule has 2 rings (SSSR count). The van der Waals surface area contributed by atoms with E-state index >= 15 is 0 Å². The Balaban J connectivity index is 2.47. The molecule has 0 fully saturated rings. The fraction of sp³-hybridized carbons (Fsp3) is 0.267. The van der Waals surface area contributed by atoms with Crippen molar-refractivity contribution in [1.82, 2.24) is 10.3 Å². The third kappa shape index (κ3) is 3.11. The molecule has 3 N–H and O–H groups in total. The van der Waals surface area contributed by atoms with Crippen LogP contribution in [0.2, 0.25) is 0 Å². The number of anilines is 1. The van der Waals surface area contributed by atoms with Crippen molar-refractivity contribution in [3.8, 4) is 0 Å². The van der Waals surface area contributed by atoms with E-state index in [1.165, 1.54) is 6.07 Å². The third-order valence-electron chi connectivity index (χ3n) is 3.05. The maximum atomic E-state index is 14.0. The maximum Gasteiger partial charge on any atom is 0.128 e. The molecule has 1 unspecified atom stereocenters. The average Bonchev–Trinajstić information content (AvgIpc) is 2.44. The van der Waals surface area contributed by atoms with Gasteiger partial charge in [0.05, 0.1) is 6.04 Å². The van der Waals surface area contributed by atoms with Gasteiger partial charge in [0.15, 0.2) is 0 Å². The molecule has 0 radical (unpaired) electrons. The molecule has 106 valence electrons. The van der Waals surface area contributed by atoms with Gasteiger partial charge in [0, 0.05) is 17.3 Å². The van der Waals surface area contributed by atoms with Crippen LogP contribution in [0.1, 0.15) is 30.5 Å². The number of nitrogens with one attached hydrogen (secondary N) is 1. The molecule has 0 aliphatic carbocycles. The molecule has 0 saturated heterocycles. The number of nitrogens with two attached hydrogens (primary N) is 1. The Morgan fingerprint density at radius 2 is 2.05 bits per heavy atom. The van der Waals surface area contributed by atoms with Crippen LogP contribution >= 0.6 is 0 Å². The number of pyridine rings is 1. The molecular formula is C15H17F2N3. The maximum absolute atomic E-state index is 14.0. The van der Waals surface area contributed by atoms with E-state index in [0.717, 1.165) is 18.6 Å². The molecule has 0 bridgehead atoms. The highest BCUT2D eigenvalue weighted by Gasteiger charge is 2.20. The number of benzene rings is 1. The van der Waals surface area contributed by atoms with Crippen LogP contribution in [0.4, 0.5) is 14.6 Å². The van der Waals surface area contributed by atoms with E-state index in [-0.39, 0.29) is 5.56 Å². The molecule has 5 heteroatoms. The van der Waals surface area contributed by atoms with Gasteiger partial charge in [0.1, 0.15) is 17.5 Å². The molecule has 0 spiro atoms. The summed E-state index contributed by atoms with van der Waals surface area (Å²) in [6.07, 6.45) is 2.44. The topological polar surface area (TPSA) is 50.9 Å². The van der Waals surface area contributed by atoms with Gasteiger partial charge >= 0.3 is 0 Å².